The highest BCUT2D eigenvalue weighted by atomic mass is 16.5. The molecular formula is C9H14N2O3. The van der Waals surface area contributed by atoms with Crippen LogP contribution in [0.25, 0.3) is 0 Å². The summed E-state index contributed by atoms with van der Waals surface area (Å²) >= 11 is 0. The van der Waals surface area contributed by atoms with E-state index >= 15 is 0 Å². The molecule has 0 saturated carbocycles. The lowest BCUT2D eigenvalue weighted by atomic mass is 10.1. The molecule has 1 aromatic heterocycles. The van der Waals surface area contributed by atoms with E-state index in [1.807, 2.05) is 6.92 Å². The van der Waals surface area contributed by atoms with Crippen LogP contribution in [0.2, 0.25) is 0 Å². The van der Waals surface area contributed by atoms with Crippen molar-refractivity contribution >= 4 is 5.97 Å². The summed E-state index contributed by atoms with van der Waals surface area (Å²) in [6.07, 6.45) is 1.61. The molecule has 14 heavy (non-hydrogen) atoms. The van der Waals surface area contributed by atoms with Crippen LogP contribution in [0.3, 0.4) is 0 Å². The SMILES string of the molecule is COC(=O)C(C)(O)Cn1nccc1C. The van der Waals surface area contributed by atoms with Crippen molar-refractivity contribution in [2.24, 2.45) is 0 Å². The third-order valence-corrected chi connectivity index (χ3v) is 2.01. The molecule has 1 aromatic rings. The number of hydrogen-bond donors (Lipinski definition) is 1. The fraction of sp³-hybridized carbons (Fsp3) is 0.556. The third kappa shape index (κ3) is 2.11. The normalized spacial score (nSPS) is 14.9. The molecular weight excluding hydrogens is 184 g/mol. The largest absolute Gasteiger partial charge is 0.467 e. The van der Waals surface area contributed by atoms with Gasteiger partial charge in [-0.15, -0.1) is 0 Å². The molecule has 5 nitrogen and oxygen atoms in total. The maximum Gasteiger partial charge on any atom is 0.339 e. The molecule has 0 radical (unpaired) electrons. The number of hydrogen-bond acceptors (Lipinski definition) is 4. The van der Waals surface area contributed by atoms with Crippen molar-refractivity contribution in [1.29, 1.82) is 0 Å². The van der Waals surface area contributed by atoms with Crippen molar-refractivity contribution in [1.82, 2.24) is 9.78 Å². The number of aliphatic hydroxyl groups is 1. The average molecular weight is 198 g/mol. The minimum Gasteiger partial charge on any atom is -0.467 e. The molecule has 78 valence electrons. The standard InChI is InChI=1S/C9H14N2O3/c1-7-4-5-10-11(7)6-9(2,13)8(12)14-3/h4-5,13H,6H2,1-3H3. The predicted octanol–water partition coefficient (Wildman–Crippen LogP) is 0.116. The maximum absolute atomic E-state index is 11.2. The van der Waals surface area contributed by atoms with Crippen LogP contribution < -0.4 is 0 Å². The summed E-state index contributed by atoms with van der Waals surface area (Å²) in [7, 11) is 1.24. The van der Waals surface area contributed by atoms with Crippen LogP contribution in [0.1, 0.15) is 12.6 Å². The predicted molar refractivity (Wildman–Crippen MR) is 49.6 cm³/mol. The zero-order valence-corrected chi connectivity index (χ0v) is 8.52. The number of methoxy groups -OCH3 is 1. The van der Waals surface area contributed by atoms with Crippen LogP contribution in [-0.4, -0.2) is 33.6 Å². The van der Waals surface area contributed by atoms with Crippen molar-refractivity contribution in [3.05, 3.63) is 18.0 Å². The number of nitrogens with zero attached hydrogens (tertiary/aromatic N) is 2. The van der Waals surface area contributed by atoms with Crippen molar-refractivity contribution in [2.45, 2.75) is 26.0 Å². The summed E-state index contributed by atoms with van der Waals surface area (Å²) in [6.45, 7) is 3.35. The number of aryl methyl sites for hydroxylation is 1. The van der Waals surface area contributed by atoms with Gasteiger partial charge in [-0.3, -0.25) is 4.68 Å². The van der Waals surface area contributed by atoms with Crippen LogP contribution in [0.4, 0.5) is 0 Å². The molecule has 0 amide bonds. The van der Waals surface area contributed by atoms with E-state index < -0.39 is 11.6 Å². The van der Waals surface area contributed by atoms with Gasteiger partial charge in [0.15, 0.2) is 5.60 Å². The highest BCUT2D eigenvalue weighted by molar-refractivity contribution is 5.78. The van der Waals surface area contributed by atoms with Crippen LogP contribution >= 0.6 is 0 Å². The molecule has 1 N–H and O–H groups in total. The van der Waals surface area contributed by atoms with Gasteiger partial charge in [-0.05, 0) is 19.9 Å². The van der Waals surface area contributed by atoms with E-state index in [0.717, 1.165) is 5.69 Å². The first-order valence-electron chi connectivity index (χ1n) is 4.26. The first-order chi connectivity index (χ1) is 6.47. The van der Waals surface area contributed by atoms with Crippen LogP contribution in [-0.2, 0) is 16.1 Å². The van der Waals surface area contributed by atoms with Crippen LogP contribution in [0, 0.1) is 6.92 Å². The summed E-state index contributed by atoms with van der Waals surface area (Å²) in [5.41, 5.74) is -0.653. The molecule has 0 aliphatic rings. The van der Waals surface area contributed by atoms with E-state index in [9.17, 15) is 9.90 Å². The second-order valence-corrected chi connectivity index (χ2v) is 3.40. The van der Waals surface area contributed by atoms with Gasteiger partial charge < -0.3 is 9.84 Å². The highest BCUT2D eigenvalue weighted by Crippen LogP contribution is 2.10. The number of rotatable bonds is 3. The summed E-state index contributed by atoms with van der Waals surface area (Å²) < 4.78 is 6.03. The number of aromatic nitrogens is 2. The molecule has 0 fully saturated rings. The van der Waals surface area contributed by atoms with E-state index in [4.69, 9.17) is 0 Å². The van der Waals surface area contributed by atoms with Crippen LogP contribution in [0.5, 0.6) is 0 Å². The molecule has 0 aliphatic carbocycles. The molecule has 0 aliphatic heterocycles. The summed E-state index contributed by atoms with van der Waals surface area (Å²) in [6, 6.07) is 1.80. The van der Waals surface area contributed by atoms with Gasteiger partial charge in [0.2, 0.25) is 0 Å². The van der Waals surface area contributed by atoms with E-state index in [2.05, 4.69) is 9.84 Å². The summed E-state index contributed by atoms with van der Waals surface area (Å²) in [4.78, 5) is 11.2. The topological polar surface area (TPSA) is 64.3 Å². The Morgan fingerprint density at radius 3 is 2.86 bits per heavy atom. The Labute approximate surface area is 82.3 Å². The van der Waals surface area contributed by atoms with E-state index in [1.165, 1.54) is 14.0 Å². The Morgan fingerprint density at radius 1 is 1.79 bits per heavy atom. The molecule has 1 rings (SSSR count). The first kappa shape index (κ1) is 10.7. The quantitative estimate of drug-likeness (QED) is 0.700. The molecule has 5 heteroatoms. The van der Waals surface area contributed by atoms with Gasteiger partial charge >= 0.3 is 5.97 Å². The molecule has 0 bridgehead atoms. The fourth-order valence-electron chi connectivity index (χ4n) is 1.14. The Hall–Kier alpha value is -1.36. The lowest BCUT2D eigenvalue weighted by molar-refractivity contribution is -0.162. The van der Waals surface area contributed by atoms with Gasteiger partial charge in [-0.1, -0.05) is 0 Å². The molecule has 0 aromatic carbocycles. The van der Waals surface area contributed by atoms with Gasteiger partial charge in [0, 0.05) is 11.9 Å². The second kappa shape index (κ2) is 3.79. The minimum absolute atomic E-state index is 0.0957. The van der Waals surface area contributed by atoms with Crippen LogP contribution in [0.15, 0.2) is 12.3 Å². The van der Waals surface area contributed by atoms with E-state index in [1.54, 1.807) is 16.9 Å². The fourth-order valence-corrected chi connectivity index (χ4v) is 1.14. The molecule has 1 heterocycles. The molecule has 0 saturated heterocycles. The Morgan fingerprint density at radius 2 is 2.43 bits per heavy atom. The van der Waals surface area contributed by atoms with Crippen molar-refractivity contribution in [3.63, 3.8) is 0 Å². The minimum atomic E-state index is -1.54. The molecule has 0 spiro atoms. The number of carbonyl (C=O) groups excluding carboxylic acids is 1. The third-order valence-electron chi connectivity index (χ3n) is 2.01. The maximum atomic E-state index is 11.2. The van der Waals surface area contributed by atoms with E-state index in [-0.39, 0.29) is 6.54 Å². The highest BCUT2D eigenvalue weighted by Gasteiger charge is 2.32. The van der Waals surface area contributed by atoms with Crippen molar-refractivity contribution in [3.8, 4) is 0 Å². The first-order valence-corrected chi connectivity index (χ1v) is 4.26. The Balaban J connectivity index is 2.78. The van der Waals surface area contributed by atoms with Gasteiger partial charge in [-0.2, -0.15) is 5.10 Å². The van der Waals surface area contributed by atoms with Gasteiger partial charge in [-0.25, -0.2) is 4.79 Å². The lowest BCUT2D eigenvalue weighted by Crippen LogP contribution is -2.41. The zero-order chi connectivity index (χ0) is 10.8. The van der Waals surface area contributed by atoms with E-state index in [0.29, 0.717) is 0 Å². The lowest BCUT2D eigenvalue weighted by Gasteiger charge is -2.20. The number of esters is 1. The zero-order valence-electron chi connectivity index (χ0n) is 8.52. The Kier molecular flexibility index (Phi) is 2.90. The molecule has 1 atom stereocenters. The van der Waals surface area contributed by atoms with Gasteiger partial charge in [0.1, 0.15) is 0 Å². The number of carbonyl (C=O) groups is 1. The Bertz CT molecular complexity index is 331. The smallest absolute Gasteiger partial charge is 0.339 e. The summed E-state index contributed by atoms with van der Waals surface area (Å²) in [5, 5.41) is 13.7. The van der Waals surface area contributed by atoms with Gasteiger partial charge in [0.25, 0.3) is 0 Å². The number of ether oxygens (including phenoxy) is 1. The molecule has 1 unspecified atom stereocenters. The van der Waals surface area contributed by atoms with Crippen molar-refractivity contribution in [2.75, 3.05) is 7.11 Å². The monoisotopic (exact) mass is 198 g/mol. The average Bonchev–Trinajstić information content (AvgIpc) is 2.50. The van der Waals surface area contributed by atoms with Gasteiger partial charge in [0.05, 0.1) is 13.7 Å². The van der Waals surface area contributed by atoms with Crippen molar-refractivity contribution < 1.29 is 14.6 Å². The summed E-state index contributed by atoms with van der Waals surface area (Å²) in [5.74, 6) is -0.660. The second-order valence-electron chi connectivity index (χ2n) is 3.40.